The molecule has 0 amide bonds. The molecular weight excluding hydrogens is 424 g/mol. The first-order chi connectivity index (χ1) is 17.3. The van der Waals surface area contributed by atoms with Gasteiger partial charge in [0.15, 0.2) is 0 Å². The minimum atomic E-state index is 0.958. The molecule has 0 atom stereocenters. The van der Waals surface area contributed by atoms with Crippen LogP contribution in [0.25, 0.3) is 22.3 Å². The molecule has 0 spiro atoms. The molecule has 2 heteroatoms. The molecule has 0 N–H and O–H groups in total. The van der Waals surface area contributed by atoms with Crippen molar-refractivity contribution in [2.45, 2.75) is 25.7 Å². The van der Waals surface area contributed by atoms with Crippen molar-refractivity contribution >= 4 is 17.2 Å². The predicted octanol–water partition coefficient (Wildman–Crippen LogP) is 7.50. The van der Waals surface area contributed by atoms with Gasteiger partial charge < -0.3 is 0 Å². The van der Waals surface area contributed by atoms with Gasteiger partial charge in [0.05, 0.1) is 11.4 Å². The molecule has 2 aliphatic heterocycles. The van der Waals surface area contributed by atoms with Gasteiger partial charge in [0.1, 0.15) is 5.82 Å². The molecule has 1 aromatic heterocycles. The zero-order chi connectivity index (χ0) is 22.7. The smallest absolute Gasteiger partial charge is 0.141 e. The molecule has 0 unspecified atom stereocenters. The summed E-state index contributed by atoms with van der Waals surface area (Å²) in [6, 6.07) is 29.8. The SMILES string of the molecule is c1ccc2c(c1)Cc1ccc3c(c1-2)-c1cc2c(cc1C3)N1c3ncccc3Cc3cccc(c31)C2. The number of benzene rings is 4. The second kappa shape index (κ2) is 6.28. The van der Waals surface area contributed by atoms with Gasteiger partial charge in [-0.05, 0) is 97.8 Å². The van der Waals surface area contributed by atoms with Crippen LogP contribution in [0.1, 0.15) is 44.5 Å². The Hall–Kier alpha value is -4.17. The average Bonchev–Trinajstić information content (AvgIpc) is 3.44. The highest BCUT2D eigenvalue weighted by Crippen LogP contribution is 2.54. The minimum absolute atomic E-state index is 0.958. The van der Waals surface area contributed by atoms with Crippen molar-refractivity contribution in [3.05, 3.63) is 130 Å². The van der Waals surface area contributed by atoms with E-state index in [-0.39, 0.29) is 0 Å². The number of aromatic nitrogens is 1. The van der Waals surface area contributed by atoms with Crippen LogP contribution in [0.4, 0.5) is 17.2 Å². The van der Waals surface area contributed by atoms with Crippen molar-refractivity contribution in [2.24, 2.45) is 0 Å². The summed E-state index contributed by atoms with van der Waals surface area (Å²) in [5.74, 6) is 1.10. The van der Waals surface area contributed by atoms with E-state index < -0.39 is 0 Å². The van der Waals surface area contributed by atoms with Gasteiger partial charge in [-0.15, -0.1) is 0 Å². The Labute approximate surface area is 204 Å². The van der Waals surface area contributed by atoms with Crippen LogP contribution in [0.15, 0.2) is 85.1 Å². The third-order valence-electron chi connectivity index (χ3n) is 8.51. The van der Waals surface area contributed by atoms with Gasteiger partial charge in [-0.1, -0.05) is 60.7 Å². The molecule has 3 heterocycles. The number of para-hydroxylation sites is 1. The van der Waals surface area contributed by atoms with E-state index in [1.54, 1.807) is 0 Å². The lowest BCUT2D eigenvalue weighted by Gasteiger charge is -2.38. The third-order valence-corrected chi connectivity index (χ3v) is 8.51. The van der Waals surface area contributed by atoms with E-state index in [0.717, 1.165) is 31.5 Å². The number of rotatable bonds is 0. The third kappa shape index (κ3) is 2.27. The number of hydrogen-bond donors (Lipinski definition) is 0. The van der Waals surface area contributed by atoms with Gasteiger partial charge >= 0.3 is 0 Å². The van der Waals surface area contributed by atoms with E-state index in [0.29, 0.717) is 0 Å². The van der Waals surface area contributed by atoms with E-state index in [2.05, 4.69) is 83.8 Å². The summed E-state index contributed by atoms with van der Waals surface area (Å²) >= 11 is 0. The molecule has 4 aliphatic rings. The van der Waals surface area contributed by atoms with Crippen molar-refractivity contribution in [3.63, 3.8) is 0 Å². The molecule has 2 aliphatic carbocycles. The predicted molar refractivity (Wildman–Crippen MR) is 141 cm³/mol. The number of nitrogens with zero attached hydrogens (tertiary/aromatic N) is 2. The minimum Gasteiger partial charge on any atom is -0.294 e. The van der Waals surface area contributed by atoms with Crippen molar-refractivity contribution < 1.29 is 0 Å². The van der Waals surface area contributed by atoms with E-state index in [4.69, 9.17) is 4.98 Å². The van der Waals surface area contributed by atoms with Gasteiger partial charge in [0.2, 0.25) is 0 Å². The maximum absolute atomic E-state index is 4.88. The highest BCUT2D eigenvalue weighted by atomic mass is 15.2. The Morgan fingerprint density at radius 2 is 1.20 bits per heavy atom. The van der Waals surface area contributed by atoms with Crippen molar-refractivity contribution in [3.8, 4) is 22.3 Å². The normalized spacial score (nSPS) is 14.9. The van der Waals surface area contributed by atoms with Crippen LogP contribution in [0.3, 0.4) is 0 Å². The Balaban J connectivity index is 1.30. The summed E-state index contributed by atoms with van der Waals surface area (Å²) in [4.78, 5) is 7.33. The van der Waals surface area contributed by atoms with Crippen LogP contribution in [-0.4, -0.2) is 4.98 Å². The fourth-order valence-corrected chi connectivity index (χ4v) is 7.07. The van der Waals surface area contributed by atoms with Crippen LogP contribution in [-0.2, 0) is 25.7 Å². The first-order valence-corrected chi connectivity index (χ1v) is 12.6. The van der Waals surface area contributed by atoms with E-state index >= 15 is 0 Å². The number of pyridine rings is 1. The lowest BCUT2D eigenvalue weighted by Crippen LogP contribution is -2.25. The van der Waals surface area contributed by atoms with Crippen LogP contribution in [0, 0.1) is 0 Å². The molecule has 0 bridgehead atoms. The molecule has 0 fully saturated rings. The van der Waals surface area contributed by atoms with E-state index in [1.165, 1.54) is 78.1 Å². The Morgan fingerprint density at radius 1 is 0.514 bits per heavy atom. The molecule has 35 heavy (non-hydrogen) atoms. The average molecular weight is 447 g/mol. The van der Waals surface area contributed by atoms with Gasteiger partial charge in [0, 0.05) is 19.0 Å². The molecule has 9 rings (SSSR count). The summed E-state index contributed by atoms with van der Waals surface area (Å²) in [5.41, 5.74) is 19.9. The molecule has 2 nitrogen and oxygen atoms in total. The summed E-state index contributed by atoms with van der Waals surface area (Å²) in [6.07, 6.45) is 5.92. The van der Waals surface area contributed by atoms with Crippen molar-refractivity contribution in [1.82, 2.24) is 4.98 Å². The molecule has 0 saturated heterocycles. The Morgan fingerprint density at radius 3 is 2.09 bits per heavy atom. The molecule has 164 valence electrons. The van der Waals surface area contributed by atoms with Gasteiger partial charge in [-0.2, -0.15) is 0 Å². The standard InChI is InChI=1S/C33H22N2/c1-2-9-27-19(5-1)13-20-10-11-21-14-25-18-29-26(17-28(25)31(21)30(20)27)16-23-7-3-6-22-15-24-8-4-12-34-33(24)35(29)32(22)23/h1-12,17-18H,13-16H2. The quantitative estimate of drug-likeness (QED) is 0.240. The van der Waals surface area contributed by atoms with Gasteiger partial charge in [0.25, 0.3) is 0 Å². The number of fused-ring (bicyclic) bond motifs is 11. The van der Waals surface area contributed by atoms with E-state index in [1.807, 2.05) is 6.20 Å². The molecule has 0 radical (unpaired) electrons. The van der Waals surface area contributed by atoms with E-state index in [9.17, 15) is 0 Å². The zero-order valence-corrected chi connectivity index (χ0v) is 19.3. The monoisotopic (exact) mass is 446 g/mol. The van der Waals surface area contributed by atoms with Gasteiger partial charge in [-0.3, -0.25) is 4.90 Å². The lowest BCUT2D eigenvalue weighted by atomic mass is 9.86. The maximum Gasteiger partial charge on any atom is 0.141 e. The second-order valence-electron chi connectivity index (χ2n) is 10.4. The summed E-state index contributed by atoms with van der Waals surface area (Å²) in [7, 11) is 0. The molecule has 4 aromatic carbocycles. The van der Waals surface area contributed by atoms with Crippen LogP contribution in [0.5, 0.6) is 0 Å². The molecule has 5 aromatic rings. The largest absolute Gasteiger partial charge is 0.294 e. The first-order valence-electron chi connectivity index (χ1n) is 12.6. The molecule has 0 saturated carbocycles. The fourth-order valence-electron chi connectivity index (χ4n) is 7.07. The second-order valence-corrected chi connectivity index (χ2v) is 10.4. The Kier molecular flexibility index (Phi) is 3.27. The number of hydrogen-bond acceptors (Lipinski definition) is 2. The van der Waals surface area contributed by atoms with Crippen molar-refractivity contribution in [2.75, 3.05) is 4.90 Å². The van der Waals surface area contributed by atoms with Crippen LogP contribution >= 0.6 is 0 Å². The van der Waals surface area contributed by atoms with Crippen LogP contribution < -0.4 is 4.90 Å². The topological polar surface area (TPSA) is 16.1 Å². The van der Waals surface area contributed by atoms with Gasteiger partial charge in [-0.25, -0.2) is 4.98 Å². The van der Waals surface area contributed by atoms with Crippen molar-refractivity contribution in [1.29, 1.82) is 0 Å². The zero-order valence-electron chi connectivity index (χ0n) is 19.3. The first kappa shape index (κ1) is 18.2. The highest BCUT2D eigenvalue weighted by Gasteiger charge is 2.35. The summed E-state index contributed by atoms with van der Waals surface area (Å²) in [6.45, 7) is 0. The lowest BCUT2D eigenvalue weighted by molar-refractivity contribution is 0.980. The summed E-state index contributed by atoms with van der Waals surface area (Å²) in [5, 5.41) is 0. The summed E-state index contributed by atoms with van der Waals surface area (Å²) < 4.78 is 0. The highest BCUT2D eigenvalue weighted by molar-refractivity contribution is 5.97. The molecular formula is C33H22N2. The number of anilines is 3. The van der Waals surface area contributed by atoms with Crippen LogP contribution in [0.2, 0.25) is 0 Å². The fraction of sp³-hybridized carbons (Fsp3) is 0.121. The maximum atomic E-state index is 4.88. The Bertz CT molecular complexity index is 1760.